The molecule has 1 heterocycles. The molecule has 0 bridgehead atoms. The zero-order valence-electron chi connectivity index (χ0n) is 16.2. The van der Waals surface area contributed by atoms with E-state index in [1.165, 1.54) is 0 Å². The number of carbonyl (C=O) groups excluding carboxylic acids is 1. The Morgan fingerprint density at radius 3 is 2.36 bits per heavy atom. The highest BCUT2D eigenvalue weighted by molar-refractivity contribution is 5.95. The maximum atomic E-state index is 11.6. The number of aryl methyl sites for hydroxylation is 1. The van der Waals surface area contributed by atoms with Crippen LogP contribution < -0.4 is 20.1 Å². The van der Waals surface area contributed by atoms with Crippen LogP contribution in [0.4, 0.5) is 23.1 Å². The van der Waals surface area contributed by atoms with E-state index in [2.05, 4.69) is 20.6 Å². The molecule has 2 N–H and O–H groups in total. The van der Waals surface area contributed by atoms with Gasteiger partial charge in [0, 0.05) is 34.8 Å². The summed E-state index contributed by atoms with van der Waals surface area (Å²) in [6.07, 6.45) is 0. The van der Waals surface area contributed by atoms with Crippen molar-refractivity contribution in [3.8, 4) is 11.5 Å². The van der Waals surface area contributed by atoms with Crippen molar-refractivity contribution in [1.82, 2.24) is 9.97 Å². The molecule has 7 nitrogen and oxygen atoms in total. The number of methoxy groups -OCH3 is 2. The van der Waals surface area contributed by atoms with Crippen LogP contribution in [0.25, 0.3) is 0 Å². The second-order valence-electron chi connectivity index (χ2n) is 6.17. The third-order valence-electron chi connectivity index (χ3n) is 4.04. The molecule has 1 aromatic heterocycles. The summed E-state index contributed by atoms with van der Waals surface area (Å²) >= 11 is 0. The number of anilines is 4. The van der Waals surface area contributed by atoms with Gasteiger partial charge in [-0.25, -0.2) is 4.98 Å². The molecule has 28 heavy (non-hydrogen) atoms. The van der Waals surface area contributed by atoms with Gasteiger partial charge in [0.05, 0.1) is 14.2 Å². The molecular weight excluding hydrogens is 356 g/mol. The van der Waals surface area contributed by atoms with E-state index in [1.807, 2.05) is 43.3 Å². The van der Waals surface area contributed by atoms with Crippen molar-refractivity contribution in [1.29, 1.82) is 0 Å². The van der Waals surface area contributed by atoms with Gasteiger partial charge >= 0.3 is 0 Å². The van der Waals surface area contributed by atoms with Crippen molar-refractivity contribution in [2.75, 3.05) is 24.9 Å². The molecule has 0 saturated carbocycles. The van der Waals surface area contributed by atoms with Crippen LogP contribution >= 0.6 is 0 Å². The molecular formula is C21H22N4O3. The van der Waals surface area contributed by atoms with E-state index in [-0.39, 0.29) is 5.78 Å². The topological polar surface area (TPSA) is 85.4 Å². The van der Waals surface area contributed by atoms with Gasteiger partial charge in [-0.05, 0) is 38.1 Å². The fourth-order valence-electron chi connectivity index (χ4n) is 2.70. The number of carbonyl (C=O) groups is 1. The van der Waals surface area contributed by atoms with Gasteiger partial charge in [-0.2, -0.15) is 4.98 Å². The molecule has 0 radical (unpaired) electrons. The predicted molar refractivity (Wildman–Crippen MR) is 109 cm³/mol. The Morgan fingerprint density at radius 2 is 1.64 bits per heavy atom. The number of ketones is 1. The first-order chi connectivity index (χ1) is 13.5. The number of nitrogens with zero attached hydrogens (tertiary/aromatic N) is 2. The van der Waals surface area contributed by atoms with Crippen LogP contribution in [-0.2, 0) is 0 Å². The Bertz CT molecular complexity index is 1000. The molecule has 0 aliphatic heterocycles. The van der Waals surface area contributed by atoms with E-state index < -0.39 is 0 Å². The summed E-state index contributed by atoms with van der Waals surface area (Å²) in [5.74, 6) is 2.33. The van der Waals surface area contributed by atoms with E-state index in [4.69, 9.17) is 9.47 Å². The van der Waals surface area contributed by atoms with Gasteiger partial charge in [-0.15, -0.1) is 0 Å². The average molecular weight is 378 g/mol. The summed E-state index contributed by atoms with van der Waals surface area (Å²) in [6, 6.07) is 14.6. The van der Waals surface area contributed by atoms with Crippen molar-refractivity contribution < 1.29 is 14.3 Å². The van der Waals surface area contributed by atoms with E-state index in [9.17, 15) is 4.79 Å². The standard InChI is InChI=1S/C21H22N4O3/c1-13-10-20(23-16-7-5-6-15(11-16)14(2)26)25-21(22-13)24-17-8-9-18(27-3)19(12-17)28-4/h5-12H,1-4H3,(H2,22,23,24,25). The van der Waals surface area contributed by atoms with Gasteiger partial charge in [-0.1, -0.05) is 12.1 Å². The Morgan fingerprint density at radius 1 is 0.893 bits per heavy atom. The fraction of sp³-hybridized carbons (Fsp3) is 0.190. The van der Waals surface area contributed by atoms with Gasteiger partial charge in [-0.3, -0.25) is 4.79 Å². The quantitative estimate of drug-likeness (QED) is 0.586. The van der Waals surface area contributed by atoms with Crippen molar-refractivity contribution in [3.05, 3.63) is 59.8 Å². The summed E-state index contributed by atoms with van der Waals surface area (Å²) in [4.78, 5) is 20.5. The number of ether oxygens (including phenoxy) is 2. The summed E-state index contributed by atoms with van der Waals surface area (Å²) in [5, 5.41) is 6.39. The molecule has 0 saturated heterocycles. The van der Waals surface area contributed by atoms with E-state index in [0.29, 0.717) is 28.8 Å². The lowest BCUT2D eigenvalue weighted by Crippen LogP contribution is -2.03. The molecule has 2 aromatic carbocycles. The molecule has 0 amide bonds. The van der Waals surface area contributed by atoms with Crippen LogP contribution in [0.3, 0.4) is 0 Å². The maximum absolute atomic E-state index is 11.6. The van der Waals surface area contributed by atoms with Crippen molar-refractivity contribution >= 4 is 28.9 Å². The molecule has 0 fully saturated rings. The first kappa shape index (κ1) is 19.2. The van der Waals surface area contributed by atoms with Crippen molar-refractivity contribution in [3.63, 3.8) is 0 Å². The number of benzene rings is 2. The molecule has 0 spiro atoms. The number of rotatable bonds is 7. The lowest BCUT2D eigenvalue weighted by atomic mass is 10.1. The summed E-state index contributed by atoms with van der Waals surface area (Å²) in [6.45, 7) is 3.43. The van der Waals surface area contributed by atoms with Crippen LogP contribution in [0.2, 0.25) is 0 Å². The van der Waals surface area contributed by atoms with Crippen LogP contribution in [0, 0.1) is 6.92 Å². The first-order valence-electron chi connectivity index (χ1n) is 8.71. The monoisotopic (exact) mass is 378 g/mol. The normalized spacial score (nSPS) is 10.3. The van der Waals surface area contributed by atoms with Gasteiger partial charge in [0.2, 0.25) is 5.95 Å². The number of Topliss-reactive ketones (excluding diaryl/α,β-unsaturated/α-hetero) is 1. The number of nitrogens with one attached hydrogen (secondary N) is 2. The second kappa shape index (κ2) is 8.39. The number of hydrogen-bond acceptors (Lipinski definition) is 7. The number of hydrogen-bond donors (Lipinski definition) is 2. The molecule has 144 valence electrons. The summed E-state index contributed by atoms with van der Waals surface area (Å²) in [5.41, 5.74) is 2.98. The largest absolute Gasteiger partial charge is 0.493 e. The minimum atomic E-state index is 0.0123. The number of aromatic nitrogens is 2. The Hall–Kier alpha value is -3.61. The van der Waals surface area contributed by atoms with Gasteiger partial charge < -0.3 is 20.1 Å². The van der Waals surface area contributed by atoms with E-state index >= 15 is 0 Å². The fourth-order valence-corrected chi connectivity index (χ4v) is 2.70. The molecule has 0 atom stereocenters. The minimum Gasteiger partial charge on any atom is -0.493 e. The zero-order valence-corrected chi connectivity index (χ0v) is 16.2. The summed E-state index contributed by atoms with van der Waals surface area (Å²) < 4.78 is 10.6. The molecule has 3 rings (SSSR count). The molecule has 0 aliphatic carbocycles. The first-order valence-corrected chi connectivity index (χ1v) is 8.71. The molecule has 0 unspecified atom stereocenters. The van der Waals surface area contributed by atoms with E-state index in [1.54, 1.807) is 33.3 Å². The molecule has 0 aliphatic rings. The Labute approximate surface area is 163 Å². The Balaban J connectivity index is 1.84. The molecule has 7 heteroatoms. The lowest BCUT2D eigenvalue weighted by molar-refractivity contribution is 0.101. The summed E-state index contributed by atoms with van der Waals surface area (Å²) in [7, 11) is 3.18. The van der Waals surface area contributed by atoms with Crippen LogP contribution in [-0.4, -0.2) is 30.0 Å². The smallest absolute Gasteiger partial charge is 0.229 e. The van der Waals surface area contributed by atoms with Crippen LogP contribution in [0.15, 0.2) is 48.5 Å². The SMILES string of the molecule is COc1ccc(Nc2nc(C)cc(Nc3cccc(C(C)=O)c3)n2)cc1OC. The van der Waals surface area contributed by atoms with Gasteiger partial charge in [0.15, 0.2) is 17.3 Å². The predicted octanol–water partition coefficient (Wildman–Crippen LogP) is 4.49. The third kappa shape index (κ3) is 4.56. The van der Waals surface area contributed by atoms with Crippen molar-refractivity contribution in [2.24, 2.45) is 0 Å². The lowest BCUT2D eigenvalue weighted by Gasteiger charge is -2.12. The van der Waals surface area contributed by atoms with Crippen LogP contribution in [0.5, 0.6) is 11.5 Å². The second-order valence-corrected chi connectivity index (χ2v) is 6.17. The highest BCUT2D eigenvalue weighted by atomic mass is 16.5. The maximum Gasteiger partial charge on any atom is 0.229 e. The molecule has 3 aromatic rings. The van der Waals surface area contributed by atoms with Gasteiger partial charge in [0.25, 0.3) is 0 Å². The average Bonchev–Trinajstić information content (AvgIpc) is 2.67. The highest BCUT2D eigenvalue weighted by Crippen LogP contribution is 2.31. The zero-order chi connectivity index (χ0) is 20.1. The van der Waals surface area contributed by atoms with Crippen molar-refractivity contribution in [2.45, 2.75) is 13.8 Å². The van der Waals surface area contributed by atoms with Crippen LogP contribution in [0.1, 0.15) is 23.0 Å². The highest BCUT2D eigenvalue weighted by Gasteiger charge is 2.08. The third-order valence-corrected chi connectivity index (χ3v) is 4.04. The Kier molecular flexibility index (Phi) is 5.74. The van der Waals surface area contributed by atoms with Gasteiger partial charge in [0.1, 0.15) is 5.82 Å². The van der Waals surface area contributed by atoms with E-state index in [0.717, 1.165) is 17.1 Å². The minimum absolute atomic E-state index is 0.0123.